The average Bonchev–Trinajstić information content (AvgIpc) is 2.84. The summed E-state index contributed by atoms with van der Waals surface area (Å²) in [6.45, 7) is 1.78. The van der Waals surface area contributed by atoms with Gasteiger partial charge in [-0.2, -0.15) is 0 Å². The molecule has 0 fully saturated rings. The molecule has 0 aliphatic carbocycles. The second-order valence-corrected chi connectivity index (χ2v) is 9.75. The largest absolute Gasteiger partial charge is 0.493 e. The number of pyridine rings is 1. The first-order valence-electron chi connectivity index (χ1n) is 10.7. The predicted octanol–water partition coefficient (Wildman–Crippen LogP) is 4.85. The summed E-state index contributed by atoms with van der Waals surface area (Å²) >= 11 is 0. The quantitative estimate of drug-likeness (QED) is 0.383. The van der Waals surface area contributed by atoms with E-state index in [1.807, 2.05) is 30.3 Å². The molecule has 0 atom stereocenters. The normalized spacial score (nSPS) is 11.2. The van der Waals surface area contributed by atoms with E-state index in [0.29, 0.717) is 45.0 Å². The molecule has 0 saturated heterocycles. The number of carbonyl (C=O) groups is 1. The monoisotopic (exact) mass is 491 g/mol. The fourth-order valence-electron chi connectivity index (χ4n) is 3.71. The minimum Gasteiger partial charge on any atom is -0.493 e. The van der Waals surface area contributed by atoms with Crippen LogP contribution in [0.1, 0.15) is 15.9 Å². The number of amides is 1. The van der Waals surface area contributed by atoms with Gasteiger partial charge in [0.1, 0.15) is 0 Å². The highest BCUT2D eigenvalue weighted by molar-refractivity contribution is 7.92. The molecule has 4 rings (SSSR count). The van der Waals surface area contributed by atoms with E-state index in [1.165, 1.54) is 0 Å². The molecule has 0 bridgehead atoms. The summed E-state index contributed by atoms with van der Waals surface area (Å²) in [6.07, 6.45) is 1.08. The number of hydrogen-bond donors (Lipinski definition) is 2. The minimum absolute atomic E-state index is 0.348. The maximum absolute atomic E-state index is 13.4. The van der Waals surface area contributed by atoms with Crippen molar-refractivity contribution in [2.45, 2.75) is 6.92 Å². The molecule has 0 saturated carbocycles. The number of ether oxygens (including phenoxy) is 2. The fourth-order valence-corrected chi connectivity index (χ4v) is 4.33. The third-order valence-corrected chi connectivity index (χ3v) is 6.02. The first kappa shape index (κ1) is 24.0. The van der Waals surface area contributed by atoms with Gasteiger partial charge < -0.3 is 14.8 Å². The number of nitrogens with zero attached hydrogens (tertiary/aromatic N) is 1. The van der Waals surface area contributed by atoms with Crippen LogP contribution in [0.4, 0.5) is 11.4 Å². The SMILES string of the molecule is COc1ccc(-c2cc(C(=O)Nc3ccc(C)c(NS(C)(=O)=O)c3)c3ccccc3n2)cc1OC. The summed E-state index contributed by atoms with van der Waals surface area (Å²) in [6, 6.07) is 19.6. The van der Waals surface area contributed by atoms with E-state index in [4.69, 9.17) is 14.5 Å². The number of para-hydroxylation sites is 1. The Balaban J connectivity index is 1.75. The van der Waals surface area contributed by atoms with E-state index >= 15 is 0 Å². The lowest BCUT2D eigenvalue weighted by Gasteiger charge is -2.14. The third-order valence-electron chi connectivity index (χ3n) is 5.43. The molecule has 0 radical (unpaired) electrons. The third kappa shape index (κ3) is 5.36. The Bertz CT molecular complexity index is 1530. The Morgan fingerprint density at radius 3 is 2.37 bits per heavy atom. The molecule has 35 heavy (non-hydrogen) atoms. The number of benzene rings is 3. The van der Waals surface area contributed by atoms with Crippen LogP contribution in [0.25, 0.3) is 22.2 Å². The molecule has 180 valence electrons. The number of sulfonamides is 1. The van der Waals surface area contributed by atoms with Gasteiger partial charge in [-0.25, -0.2) is 13.4 Å². The van der Waals surface area contributed by atoms with Gasteiger partial charge in [0, 0.05) is 16.6 Å². The number of methoxy groups -OCH3 is 2. The van der Waals surface area contributed by atoms with E-state index in [0.717, 1.165) is 17.4 Å². The second-order valence-electron chi connectivity index (χ2n) is 8.00. The van der Waals surface area contributed by atoms with Crippen LogP contribution in [0.5, 0.6) is 11.5 Å². The number of nitrogens with one attached hydrogen (secondary N) is 2. The predicted molar refractivity (Wildman–Crippen MR) is 138 cm³/mol. The van der Waals surface area contributed by atoms with E-state index in [2.05, 4.69) is 10.0 Å². The summed E-state index contributed by atoms with van der Waals surface area (Å²) in [5.41, 5.74) is 4.04. The number of rotatable bonds is 7. The molecule has 1 amide bonds. The van der Waals surface area contributed by atoms with E-state index in [9.17, 15) is 13.2 Å². The lowest BCUT2D eigenvalue weighted by atomic mass is 10.0. The molecule has 3 aromatic carbocycles. The van der Waals surface area contributed by atoms with Crippen molar-refractivity contribution in [3.63, 3.8) is 0 Å². The van der Waals surface area contributed by atoms with Crippen molar-refractivity contribution in [1.82, 2.24) is 4.98 Å². The van der Waals surface area contributed by atoms with E-state index in [-0.39, 0.29) is 5.91 Å². The molecule has 2 N–H and O–H groups in total. The molecule has 8 nitrogen and oxygen atoms in total. The number of carbonyl (C=O) groups excluding carboxylic acids is 1. The number of aryl methyl sites for hydroxylation is 1. The van der Waals surface area contributed by atoms with Crippen LogP contribution in [-0.4, -0.2) is 39.8 Å². The maximum Gasteiger partial charge on any atom is 0.256 e. The molecule has 9 heteroatoms. The maximum atomic E-state index is 13.4. The molecule has 1 heterocycles. The molecule has 0 aliphatic heterocycles. The van der Waals surface area contributed by atoms with Crippen molar-refractivity contribution in [2.24, 2.45) is 0 Å². The second kappa shape index (κ2) is 9.63. The van der Waals surface area contributed by atoms with Crippen molar-refractivity contribution >= 4 is 38.2 Å². The Morgan fingerprint density at radius 2 is 1.66 bits per heavy atom. The standard InChI is InChI=1S/C26H25N3O5S/c1-16-9-11-18(14-22(16)29-35(4,31)32)27-26(30)20-15-23(28-21-8-6-5-7-19(20)21)17-10-12-24(33-2)25(13-17)34-3/h5-15,29H,1-4H3,(H,27,30). The van der Waals surface area contributed by atoms with Crippen LogP contribution < -0.4 is 19.5 Å². The summed E-state index contributed by atoms with van der Waals surface area (Å²) in [7, 11) is -0.339. The van der Waals surface area contributed by atoms with Crippen molar-refractivity contribution in [1.29, 1.82) is 0 Å². The number of aromatic nitrogens is 1. The first-order valence-corrected chi connectivity index (χ1v) is 12.6. The van der Waals surface area contributed by atoms with Crippen molar-refractivity contribution < 1.29 is 22.7 Å². The topological polar surface area (TPSA) is 107 Å². The Hall–Kier alpha value is -4.11. The van der Waals surface area contributed by atoms with Crippen LogP contribution in [-0.2, 0) is 10.0 Å². The zero-order valence-corrected chi connectivity index (χ0v) is 20.6. The van der Waals surface area contributed by atoms with Crippen LogP contribution in [0.3, 0.4) is 0 Å². The van der Waals surface area contributed by atoms with Gasteiger partial charge in [0.2, 0.25) is 10.0 Å². The van der Waals surface area contributed by atoms with Crippen LogP contribution >= 0.6 is 0 Å². The van der Waals surface area contributed by atoms with Gasteiger partial charge in [0.05, 0.1) is 42.9 Å². The smallest absolute Gasteiger partial charge is 0.256 e. The molecule has 0 unspecified atom stereocenters. The van der Waals surface area contributed by atoms with Gasteiger partial charge in [0.25, 0.3) is 5.91 Å². The van der Waals surface area contributed by atoms with Gasteiger partial charge in [0.15, 0.2) is 11.5 Å². The first-order chi connectivity index (χ1) is 16.7. The van der Waals surface area contributed by atoms with Gasteiger partial charge in [-0.05, 0) is 55.0 Å². The molecule has 0 spiro atoms. The summed E-state index contributed by atoms with van der Waals surface area (Å²) in [5, 5.41) is 3.57. The Labute approximate surface area is 204 Å². The van der Waals surface area contributed by atoms with Crippen molar-refractivity contribution in [2.75, 3.05) is 30.5 Å². The molecule has 1 aromatic heterocycles. The zero-order chi connectivity index (χ0) is 25.2. The van der Waals surface area contributed by atoms with Crippen LogP contribution in [0, 0.1) is 6.92 Å². The fraction of sp³-hybridized carbons (Fsp3) is 0.154. The van der Waals surface area contributed by atoms with Gasteiger partial charge in [-0.15, -0.1) is 0 Å². The average molecular weight is 492 g/mol. The van der Waals surface area contributed by atoms with Crippen LogP contribution in [0.15, 0.2) is 66.7 Å². The van der Waals surface area contributed by atoms with Crippen LogP contribution in [0.2, 0.25) is 0 Å². The number of fused-ring (bicyclic) bond motifs is 1. The highest BCUT2D eigenvalue weighted by Gasteiger charge is 2.16. The van der Waals surface area contributed by atoms with Gasteiger partial charge in [-0.3, -0.25) is 9.52 Å². The summed E-state index contributed by atoms with van der Waals surface area (Å²) in [4.78, 5) is 18.1. The van der Waals surface area contributed by atoms with Gasteiger partial charge in [-0.1, -0.05) is 24.3 Å². The molecule has 4 aromatic rings. The molecular formula is C26H25N3O5S. The highest BCUT2D eigenvalue weighted by atomic mass is 32.2. The molecule has 0 aliphatic rings. The Morgan fingerprint density at radius 1 is 0.914 bits per heavy atom. The van der Waals surface area contributed by atoms with Crippen molar-refractivity contribution in [3.05, 3.63) is 77.9 Å². The van der Waals surface area contributed by atoms with E-state index < -0.39 is 10.0 Å². The Kier molecular flexibility index (Phi) is 6.61. The number of anilines is 2. The zero-order valence-electron chi connectivity index (χ0n) is 19.7. The minimum atomic E-state index is -3.46. The van der Waals surface area contributed by atoms with Gasteiger partial charge >= 0.3 is 0 Å². The summed E-state index contributed by atoms with van der Waals surface area (Å²) < 4.78 is 36.6. The van der Waals surface area contributed by atoms with Crippen molar-refractivity contribution in [3.8, 4) is 22.8 Å². The van der Waals surface area contributed by atoms with E-state index in [1.54, 1.807) is 57.5 Å². The molecular weight excluding hydrogens is 466 g/mol. The lowest BCUT2D eigenvalue weighted by molar-refractivity contribution is 0.102. The highest BCUT2D eigenvalue weighted by Crippen LogP contribution is 2.33. The lowest BCUT2D eigenvalue weighted by Crippen LogP contribution is -2.14. The summed E-state index contributed by atoms with van der Waals surface area (Å²) in [5.74, 6) is 0.795. The number of hydrogen-bond acceptors (Lipinski definition) is 6.